The van der Waals surface area contributed by atoms with Gasteiger partial charge in [0, 0.05) is 16.7 Å². The number of esters is 2. The van der Waals surface area contributed by atoms with Crippen molar-refractivity contribution in [1.82, 2.24) is 4.57 Å². The molecule has 204 valence electrons. The topological polar surface area (TPSA) is 100 Å². The largest absolute Gasteiger partial charge is 0.465 e. The molecule has 0 N–H and O–H groups in total. The van der Waals surface area contributed by atoms with Crippen LogP contribution in [0.3, 0.4) is 0 Å². The number of aromatic nitrogens is 1. The summed E-state index contributed by atoms with van der Waals surface area (Å²) in [6, 6.07) is 15.1. The van der Waals surface area contributed by atoms with Gasteiger partial charge in [-0.3, -0.25) is 9.36 Å². The molecule has 5 rings (SSSR count). The zero-order valence-corrected chi connectivity index (χ0v) is 23.8. The van der Waals surface area contributed by atoms with E-state index in [0.29, 0.717) is 48.3 Å². The molecule has 40 heavy (non-hydrogen) atoms. The average molecular weight is 577 g/mol. The summed E-state index contributed by atoms with van der Waals surface area (Å²) in [5.41, 5.74) is 3.28. The molecule has 2 aromatic heterocycles. The minimum Gasteiger partial charge on any atom is -0.465 e. The maximum absolute atomic E-state index is 13.8. The lowest BCUT2D eigenvalue weighted by Crippen LogP contribution is -2.39. The van der Waals surface area contributed by atoms with E-state index in [1.165, 1.54) is 23.0 Å². The third-order valence-electron chi connectivity index (χ3n) is 6.52. The number of halogens is 1. The van der Waals surface area contributed by atoms with E-state index >= 15 is 0 Å². The van der Waals surface area contributed by atoms with Gasteiger partial charge in [-0.05, 0) is 68.3 Å². The Balaban J connectivity index is 1.58. The van der Waals surface area contributed by atoms with Crippen LogP contribution in [0.4, 0.5) is 0 Å². The van der Waals surface area contributed by atoms with Crippen LogP contribution in [-0.4, -0.2) is 30.2 Å². The Kier molecular flexibility index (Phi) is 7.60. The lowest BCUT2D eigenvalue weighted by atomic mass is 9.96. The lowest BCUT2D eigenvalue weighted by molar-refractivity contribution is -0.139. The molecule has 1 unspecified atom stereocenters. The summed E-state index contributed by atoms with van der Waals surface area (Å²) in [4.78, 5) is 43.6. The van der Waals surface area contributed by atoms with Crippen molar-refractivity contribution in [3.8, 4) is 11.3 Å². The molecule has 1 aliphatic heterocycles. The number of benzene rings is 2. The van der Waals surface area contributed by atoms with Gasteiger partial charge in [-0.25, -0.2) is 14.6 Å². The number of rotatable bonds is 6. The van der Waals surface area contributed by atoms with Gasteiger partial charge >= 0.3 is 11.9 Å². The smallest absolute Gasteiger partial charge is 0.338 e. The highest BCUT2D eigenvalue weighted by molar-refractivity contribution is 7.07. The Morgan fingerprint density at radius 1 is 1.10 bits per heavy atom. The molecule has 1 atom stereocenters. The van der Waals surface area contributed by atoms with Gasteiger partial charge in [0.05, 0.1) is 41.1 Å². The normalized spacial score (nSPS) is 15.0. The molecule has 0 saturated heterocycles. The molecule has 8 nitrogen and oxygen atoms in total. The SMILES string of the molecule is CCOC(=O)C1=C(C)N=c2s/c(=C/c3ccc(-c4ccc(C(=O)OC)cc4C)o3)c(=O)n2C1c1ccc(Cl)cc1. The van der Waals surface area contributed by atoms with Gasteiger partial charge in [0.2, 0.25) is 0 Å². The van der Waals surface area contributed by atoms with Crippen molar-refractivity contribution in [3.05, 3.63) is 113 Å². The Bertz CT molecular complexity index is 1850. The highest BCUT2D eigenvalue weighted by atomic mass is 35.5. The first-order valence-electron chi connectivity index (χ1n) is 12.5. The number of aryl methyl sites for hydroxylation is 1. The van der Waals surface area contributed by atoms with Crippen molar-refractivity contribution in [3.63, 3.8) is 0 Å². The fourth-order valence-electron chi connectivity index (χ4n) is 4.64. The molecule has 1 aliphatic rings. The van der Waals surface area contributed by atoms with Gasteiger partial charge < -0.3 is 13.9 Å². The van der Waals surface area contributed by atoms with Gasteiger partial charge in [0.25, 0.3) is 5.56 Å². The number of carbonyl (C=O) groups excluding carboxylic acids is 2. The molecule has 0 amide bonds. The van der Waals surface area contributed by atoms with Crippen LogP contribution in [0.15, 0.2) is 80.1 Å². The van der Waals surface area contributed by atoms with Crippen LogP contribution in [0.5, 0.6) is 0 Å². The highest BCUT2D eigenvalue weighted by Crippen LogP contribution is 2.31. The third kappa shape index (κ3) is 5.05. The molecule has 0 bridgehead atoms. The van der Waals surface area contributed by atoms with Crippen LogP contribution >= 0.6 is 22.9 Å². The molecule has 2 aromatic carbocycles. The van der Waals surface area contributed by atoms with Crippen molar-refractivity contribution in [2.24, 2.45) is 4.99 Å². The van der Waals surface area contributed by atoms with Crippen molar-refractivity contribution < 1.29 is 23.5 Å². The fraction of sp³-hybridized carbons (Fsp3) is 0.200. The van der Waals surface area contributed by atoms with Crippen LogP contribution < -0.4 is 14.9 Å². The van der Waals surface area contributed by atoms with Crippen molar-refractivity contribution in [2.45, 2.75) is 26.8 Å². The predicted octanol–water partition coefficient (Wildman–Crippen LogP) is 4.81. The van der Waals surface area contributed by atoms with E-state index in [1.54, 1.807) is 68.5 Å². The Morgan fingerprint density at radius 3 is 2.52 bits per heavy atom. The minimum atomic E-state index is -0.724. The van der Waals surface area contributed by atoms with Crippen LogP contribution in [0, 0.1) is 6.92 Å². The Labute approximate surface area is 238 Å². The number of furan rings is 1. The molecule has 0 saturated carbocycles. The monoisotopic (exact) mass is 576 g/mol. The second kappa shape index (κ2) is 11.1. The first kappa shape index (κ1) is 27.4. The molecule has 0 spiro atoms. The molecule has 0 aliphatic carbocycles. The van der Waals surface area contributed by atoms with Gasteiger partial charge in [-0.15, -0.1) is 0 Å². The summed E-state index contributed by atoms with van der Waals surface area (Å²) in [5.74, 6) is 0.124. The molecule has 4 aromatic rings. The van der Waals surface area contributed by atoms with Gasteiger partial charge in [0.1, 0.15) is 11.5 Å². The second-order valence-corrected chi connectivity index (χ2v) is 10.5. The quantitative estimate of drug-likeness (QED) is 0.306. The number of carbonyl (C=O) groups is 2. The standard InChI is InChI=1S/C30H25ClN2O6S/c1-5-38-29(36)25-17(3)32-30-33(26(25)18-6-9-20(31)10-7-18)27(34)24(40-30)15-21-11-13-23(39-21)22-12-8-19(14-16(22)2)28(35)37-4/h6-15,26H,5H2,1-4H3/b24-15+. The van der Waals surface area contributed by atoms with E-state index in [9.17, 15) is 14.4 Å². The fourth-order valence-corrected chi connectivity index (χ4v) is 5.79. The van der Waals surface area contributed by atoms with E-state index in [1.807, 2.05) is 13.0 Å². The summed E-state index contributed by atoms with van der Waals surface area (Å²) < 4.78 is 18.1. The van der Waals surface area contributed by atoms with Gasteiger partial charge in [-0.1, -0.05) is 41.1 Å². The van der Waals surface area contributed by atoms with E-state index in [0.717, 1.165) is 11.1 Å². The van der Waals surface area contributed by atoms with Crippen LogP contribution in [-0.2, 0) is 14.3 Å². The maximum atomic E-state index is 13.8. The zero-order valence-electron chi connectivity index (χ0n) is 22.2. The van der Waals surface area contributed by atoms with Gasteiger partial charge in [0.15, 0.2) is 4.80 Å². The van der Waals surface area contributed by atoms with Crippen molar-refractivity contribution in [2.75, 3.05) is 13.7 Å². The van der Waals surface area contributed by atoms with Crippen molar-refractivity contribution >= 4 is 41.0 Å². The molecule has 0 radical (unpaired) electrons. The number of ether oxygens (including phenoxy) is 2. The Morgan fingerprint density at radius 2 is 1.85 bits per heavy atom. The van der Waals surface area contributed by atoms with E-state index < -0.39 is 18.0 Å². The van der Waals surface area contributed by atoms with Crippen LogP contribution in [0.1, 0.15) is 47.1 Å². The molecule has 3 heterocycles. The Hall–Kier alpha value is -4.21. The summed E-state index contributed by atoms with van der Waals surface area (Å²) in [7, 11) is 1.34. The molecular formula is C30H25ClN2O6S. The number of nitrogens with zero attached hydrogens (tertiary/aromatic N) is 2. The first-order chi connectivity index (χ1) is 19.2. The van der Waals surface area contributed by atoms with Crippen molar-refractivity contribution in [1.29, 1.82) is 0 Å². The summed E-state index contributed by atoms with van der Waals surface area (Å²) in [5, 5.41) is 0.540. The molecule has 0 fully saturated rings. The lowest BCUT2D eigenvalue weighted by Gasteiger charge is -2.24. The highest BCUT2D eigenvalue weighted by Gasteiger charge is 2.33. The number of allylic oxidation sites excluding steroid dienone is 1. The van der Waals surface area contributed by atoms with E-state index in [2.05, 4.69) is 4.99 Å². The molecular weight excluding hydrogens is 552 g/mol. The summed E-state index contributed by atoms with van der Waals surface area (Å²) in [6.07, 6.45) is 1.66. The number of methoxy groups -OCH3 is 1. The number of hydrogen-bond donors (Lipinski definition) is 0. The second-order valence-electron chi connectivity index (χ2n) is 9.08. The maximum Gasteiger partial charge on any atom is 0.338 e. The minimum absolute atomic E-state index is 0.194. The first-order valence-corrected chi connectivity index (χ1v) is 13.7. The number of fused-ring (bicyclic) bond motifs is 1. The van der Waals surface area contributed by atoms with E-state index in [4.69, 9.17) is 25.5 Å². The van der Waals surface area contributed by atoms with Crippen LogP contribution in [0.25, 0.3) is 17.4 Å². The summed E-state index contributed by atoms with van der Waals surface area (Å²) >= 11 is 7.32. The average Bonchev–Trinajstić information content (AvgIpc) is 3.52. The van der Waals surface area contributed by atoms with Crippen LogP contribution in [0.2, 0.25) is 5.02 Å². The number of hydrogen-bond acceptors (Lipinski definition) is 8. The summed E-state index contributed by atoms with van der Waals surface area (Å²) in [6.45, 7) is 5.53. The third-order valence-corrected chi connectivity index (χ3v) is 7.75. The molecule has 10 heteroatoms. The predicted molar refractivity (Wildman–Crippen MR) is 152 cm³/mol. The zero-order chi connectivity index (χ0) is 28.6. The van der Waals surface area contributed by atoms with E-state index in [-0.39, 0.29) is 12.2 Å². The number of thiazole rings is 1. The van der Waals surface area contributed by atoms with Gasteiger partial charge in [-0.2, -0.15) is 0 Å².